The quantitative estimate of drug-likeness (QED) is 0.795. The first-order valence-corrected chi connectivity index (χ1v) is 8.83. The molecule has 2 aliphatic heterocycles. The molecule has 3 aliphatic rings. The maximum absolute atomic E-state index is 12.5. The van der Waals surface area contributed by atoms with Gasteiger partial charge < -0.3 is 14.5 Å². The SMILES string of the molecule is COC(=O)C1C=C(N2Cc3cc(C(=O)N4CCCC4)ccc32)C=CC1. The third-order valence-electron chi connectivity index (χ3n) is 5.21. The number of anilines is 1. The topological polar surface area (TPSA) is 49.9 Å². The summed E-state index contributed by atoms with van der Waals surface area (Å²) in [6, 6.07) is 5.94. The second-order valence-electron chi connectivity index (χ2n) is 6.79. The van der Waals surface area contributed by atoms with Gasteiger partial charge in [-0.15, -0.1) is 0 Å². The van der Waals surface area contributed by atoms with Crippen LogP contribution in [-0.4, -0.2) is 37.0 Å². The first kappa shape index (κ1) is 15.9. The Morgan fingerprint density at radius 1 is 1.20 bits per heavy atom. The number of amides is 1. The van der Waals surface area contributed by atoms with Gasteiger partial charge in [0.05, 0.1) is 19.6 Å². The summed E-state index contributed by atoms with van der Waals surface area (Å²) in [5.74, 6) is -0.277. The Balaban J connectivity index is 1.51. The monoisotopic (exact) mass is 338 g/mol. The van der Waals surface area contributed by atoms with Gasteiger partial charge in [-0.1, -0.05) is 6.08 Å². The van der Waals surface area contributed by atoms with E-state index in [1.54, 1.807) is 0 Å². The molecule has 0 N–H and O–H groups in total. The predicted octanol–water partition coefficient (Wildman–Crippen LogP) is 2.88. The number of ether oxygens (including phenoxy) is 1. The summed E-state index contributed by atoms with van der Waals surface area (Å²) in [4.78, 5) is 28.4. The summed E-state index contributed by atoms with van der Waals surface area (Å²) in [5.41, 5.74) is 4.09. The molecule has 1 aromatic rings. The molecule has 1 fully saturated rings. The fourth-order valence-corrected chi connectivity index (χ4v) is 3.77. The van der Waals surface area contributed by atoms with Gasteiger partial charge in [-0.2, -0.15) is 0 Å². The molecule has 0 bridgehead atoms. The highest BCUT2D eigenvalue weighted by atomic mass is 16.5. The van der Waals surface area contributed by atoms with Crippen LogP contribution in [0.4, 0.5) is 5.69 Å². The number of carbonyl (C=O) groups excluding carboxylic acids is 2. The van der Waals surface area contributed by atoms with E-state index in [-0.39, 0.29) is 17.8 Å². The van der Waals surface area contributed by atoms with Gasteiger partial charge in [-0.3, -0.25) is 9.59 Å². The maximum atomic E-state index is 12.5. The smallest absolute Gasteiger partial charge is 0.312 e. The highest BCUT2D eigenvalue weighted by Crippen LogP contribution is 2.38. The molecular formula is C20H22N2O3. The zero-order valence-corrected chi connectivity index (χ0v) is 14.4. The number of carbonyl (C=O) groups is 2. The number of likely N-dealkylation sites (tertiary alicyclic amines) is 1. The van der Waals surface area contributed by atoms with E-state index in [1.807, 2.05) is 41.3 Å². The van der Waals surface area contributed by atoms with Gasteiger partial charge in [0.25, 0.3) is 5.91 Å². The fourth-order valence-electron chi connectivity index (χ4n) is 3.77. The van der Waals surface area contributed by atoms with Crippen LogP contribution < -0.4 is 4.90 Å². The lowest BCUT2D eigenvalue weighted by Gasteiger charge is -2.38. The third kappa shape index (κ3) is 2.84. The van der Waals surface area contributed by atoms with Crippen LogP contribution in [0.15, 0.2) is 42.1 Å². The number of hydrogen-bond acceptors (Lipinski definition) is 4. The van der Waals surface area contributed by atoms with Crippen molar-refractivity contribution in [2.75, 3.05) is 25.1 Å². The molecule has 0 radical (unpaired) electrons. The van der Waals surface area contributed by atoms with E-state index in [1.165, 1.54) is 12.7 Å². The van der Waals surface area contributed by atoms with E-state index in [9.17, 15) is 9.59 Å². The Morgan fingerprint density at radius 2 is 2.00 bits per heavy atom. The minimum Gasteiger partial charge on any atom is -0.469 e. The van der Waals surface area contributed by atoms with E-state index in [4.69, 9.17) is 4.74 Å². The molecule has 5 nitrogen and oxygen atoms in total. The third-order valence-corrected chi connectivity index (χ3v) is 5.21. The lowest BCUT2D eigenvalue weighted by molar-refractivity contribution is -0.143. The van der Waals surface area contributed by atoms with Crippen LogP contribution in [0.5, 0.6) is 0 Å². The first-order valence-electron chi connectivity index (χ1n) is 8.83. The predicted molar refractivity (Wildman–Crippen MR) is 95.1 cm³/mol. The van der Waals surface area contributed by atoms with E-state index >= 15 is 0 Å². The molecule has 1 aromatic carbocycles. The molecule has 130 valence electrons. The molecule has 0 saturated carbocycles. The lowest BCUT2D eigenvalue weighted by Crippen LogP contribution is -2.34. The molecule has 0 aromatic heterocycles. The number of methoxy groups -OCH3 is 1. The van der Waals surface area contributed by atoms with Crippen molar-refractivity contribution in [1.82, 2.24) is 4.90 Å². The van der Waals surface area contributed by atoms with Crippen molar-refractivity contribution in [2.45, 2.75) is 25.8 Å². The standard InChI is InChI=1S/C20H22N2O3/c1-25-20(24)15-5-4-6-17(12-15)22-13-16-11-14(7-8-18(16)22)19(23)21-9-2-3-10-21/h4,6-8,11-12,15H,2-3,5,9-10,13H2,1H3. The number of hydrogen-bond donors (Lipinski definition) is 0. The second-order valence-corrected chi connectivity index (χ2v) is 6.79. The van der Waals surface area contributed by atoms with Crippen molar-refractivity contribution >= 4 is 17.6 Å². The molecule has 4 rings (SSSR count). The molecule has 1 atom stereocenters. The van der Waals surface area contributed by atoms with E-state index in [2.05, 4.69) is 4.90 Å². The van der Waals surface area contributed by atoms with E-state index < -0.39 is 0 Å². The first-order chi connectivity index (χ1) is 12.2. The van der Waals surface area contributed by atoms with Gasteiger partial charge in [-0.25, -0.2) is 0 Å². The Labute approximate surface area is 147 Å². The van der Waals surface area contributed by atoms with Gasteiger partial charge >= 0.3 is 5.97 Å². The molecule has 0 spiro atoms. The normalized spacial score (nSPS) is 21.5. The van der Waals surface area contributed by atoms with E-state index in [0.29, 0.717) is 6.42 Å². The van der Waals surface area contributed by atoms with Gasteiger partial charge in [-0.05, 0) is 55.2 Å². The Kier molecular flexibility index (Phi) is 4.07. The van der Waals surface area contributed by atoms with Gasteiger partial charge in [0.1, 0.15) is 0 Å². The highest BCUT2D eigenvalue weighted by molar-refractivity contribution is 5.95. The van der Waals surface area contributed by atoms with Crippen molar-refractivity contribution in [3.8, 4) is 0 Å². The second kappa shape index (κ2) is 6.39. The molecule has 1 unspecified atom stereocenters. The number of esters is 1. The van der Waals surface area contributed by atoms with Crippen LogP contribution in [0.1, 0.15) is 35.2 Å². The summed E-state index contributed by atoms with van der Waals surface area (Å²) >= 11 is 0. The molecular weight excluding hydrogens is 316 g/mol. The van der Waals surface area contributed by atoms with Gasteiger partial charge in [0.2, 0.25) is 0 Å². The Morgan fingerprint density at radius 3 is 2.72 bits per heavy atom. The van der Waals surface area contributed by atoms with Crippen LogP contribution in [0.2, 0.25) is 0 Å². The largest absolute Gasteiger partial charge is 0.469 e. The van der Waals surface area contributed by atoms with Crippen LogP contribution in [-0.2, 0) is 16.1 Å². The number of allylic oxidation sites excluding steroid dienone is 2. The summed E-state index contributed by atoms with van der Waals surface area (Å²) in [5, 5.41) is 0. The number of benzene rings is 1. The Bertz CT molecular complexity index is 775. The minimum absolute atomic E-state index is 0.140. The molecule has 25 heavy (non-hydrogen) atoms. The summed E-state index contributed by atoms with van der Waals surface area (Å²) in [6.45, 7) is 2.50. The highest BCUT2D eigenvalue weighted by Gasteiger charge is 2.29. The zero-order chi connectivity index (χ0) is 17.4. The summed E-state index contributed by atoms with van der Waals surface area (Å²) in [6.07, 6.45) is 8.92. The lowest BCUT2D eigenvalue weighted by atomic mass is 9.94. The molecule has 1 amide bonds. The van der Waals surface area contributed by atoms with E-state index in [0.717, 1.165) is 49.4 Å². The average Bonchev–Trinajstić information content (AvgIpc) is 3.16. The molecule has 1 saturated heterocycles. The van der Waals surface area contributed by atoms with Crippen molar-refractivity contribution in [3.63, 3.8) is 0 Å². The van der Waals surface area contributed by atoms with Gasteiger partial charge in [0, 0.05) is 30.0 Å². The minimum atomic E-state index is -0.218. The molecule has 1 aliphatic carbocycles. The number of nitrogens with zero attached hydrogens (tertiary/aromatic N) is 2. The molecule has 2 heterocycles. The average molecular weight is 338 g/mol. The van der Waals surface area contributed by atoms with Crippen LogP contribution >= 0.6 is 0 Å². The number of fused-ring (bicyclic) bond motifs is 1. The van der Waals surface area contributed by atoms with Crippen molar-refractivity contribution in [1.29, 1.82) is 0 Å². The van der Waals surface area contributed by atoms with Crippen molar-refractivity contribution < 1.29 is 14.3 Å². The maximum Gasteiger partial charge on any atom is 0.312 e. The number of rotatable bonds is 3. The van der Waals surface area contributed by atoms with Crippen molar-refractivity contribution in [2.24, 2.45) is 5.92 Å². The fraction of sp³-hybridized carbons (Fsp3) is 0.400. The summed E-state index contributed by atoms with van der Waals surface area (Å²) in [7, 11) is 1.42. The van der Waals surface area contributed by atoms with Crippen molar-refractivity contribution in [3.05, 3.63) is 53.3 Å². The van der Waals surface area contributed by atoms with Crippen LogP contribution in [0.25, 0.3) is 0 Å². The van der Waals surface area contributed by atoms with Crippen LogP contribution in [0, 0.1) is 5.92 Å². The zero-order valence-electron chi connectivity index (χ0n) is 14.4. The molecule has 5 heteroatoms. The Hall–Kier alpha value is -2.56. The van der Waals surface area contributed by atoms with Crippen LogP contribution in [0.3, 0.4) is 0 Å². The van der Waals surface area contributed by atoms with Gasteiger partial charge in [0.15, 0.2) is 0 Å². The summed E-state index contributed by atoms with van der Waals surface area (Å²) < 4.78 is 4.85.